The van der Waals surface area contributed by atoms with Crippen molar-refractivity contribution in [2.45, 2.75) is 45.6 Å². The van der Waals surface area contributed by atoms with Gasteiger partial charge in [-0.3, -0.25) is 4.79 Å². The van der Waals surface area contributed by atoms with Crippen molar-refractivity contribution in [1.82, 2.24) is 5.32 Å². The standard InChI is InChI=1S/C17H23NO/c1-11-5-3-4-6-15(11)17(19)18-12(2)16-10-13-7-8-14(16)9-13/h3-6,12-14,16H,7-10H2,1-2H3,(H,18,19)/t12-,13+,14+,16+/m1/s1. The van der Waals surface area contributed by atoms with Gasteiger partial charge in [0.1, 0.15) is 0 Å². The Hall–Kier alpha value is -1.31. The van der Waals surface area contributed by atoms with E-state index in [1.807, 2.05) is 31.2 Å². The Labute approximate surface area is 115 Å². The predicted molar refractivity (Wildman–Crippen MR) is 77.0 cm³/mol. The summed E-state index contributed by atoms with van der Waals surface area (Å²) < 4.78 is 0. The van der Waals surface area contributed by atoms with Crippen LogP contribution in [0.15, 0.2) is 24.3 Å². The van der Waals surface area contributed by atoms with Crippen molar-refractivity contribution in [2.24, 2.45) is 17.8 Å². The first-order valence-electron chi connectivity index (χ1n) is 7.51. The minimum absolute atomic E-state index is 0.0911. The minimum Gasteiger partial charge on any atom is -0.349 e. The number of hydrogen-bond acceptors (Lipinski definition) is 1. The lowest BCUT2D eigenvalue weighted by atomic mass is 9.84. The molecular weight excluding hydrogens is 234 g/mol. The van der Waals surface area contributed by atoms with Crippen LogP contribution in [-0.4, -0.2) is 11.9 Å². The molecule has 0 spiro atoms. The van der Waals surface area contributed by atoms with Crippen LogP contribution in [-0.2, 0) is 0 Å². The van der Waals surface area contributed by atoms with Crippen LogP contribution in [0, 0.1) is 24.7 Å². The van der Waals surface area contributed by atoms with Crippen molar-refractivity contribution in [2.75, 3.05) is 0 Å². The van der Waals surface area contributed by atoms with Gasteiger partial charge in [-0.25, -0.2) is 0 Å². The number of fused-ring (bicyclic) bond motifs is 2. The van der Waals surface area contributed by atoms with Crippen LogP contribution in [0.3, 0.4) is 0 Å². The van der Waals surface area contributed by atoms with Crippen molar-refractivity contribution >= 4 is 5.91 Å². The van der Waals surface area contributed by atoms with Gasteiger partial charge in [0.2, 0.25) is 0 Å². The van der Waals surface area contributed by atoms with Gasteiger partial charge in [-0.1, -0.05) is 24.6 Å². The second kappa shape index (κ2) is 4.99. The first-order valence-corrected chi connectivity index (χ1v) is 7.51. The molecule has 0 unspecified atom stereocenters. The number of amides is 1. The summed E-state index contributed by atoms with van der Waals surface area (Å²) in [6, 6.07) is 8.13. The van der Waals surface area contributed by atoms with Crippen molar-refractivity contribution in [3.8, 4) is 0 Å². The molecule has 4 atom stereocenters. The zero-order valence-electron chi connectivity index (χ0n) is 11.9. The topological polar surface area (TPSA) is 29.1 Å². The number of hydrogen-bond donors (Lipinski definition) is 1. The van der Waals surface area contributed by atoms with Crippen molar-refractivity contribution < 1.29 is 4.79 Å². The summed E-state index contributed by atoms with van der Waals surface area (Å²) in [4.78, 5) is 12.3. The molecule has 2 aliphatic rings. The molecule has 2 fully saturated rings. The van der Waals surface area contributed by atoms with E-state index in [1.165, 1.54) is 25.7 Å². The second-order valence-electron chi connectivity index (χ2n) is 6.42. The van der Waals surface area contributed by atoms with Crippen LogP contribution in [0.2, 0.25) is 0 Å². The normalized spacial score (nSPS) is 30.3. The Morgan fingerprint density at radius 2 is 2.05 bits per heavy atom. The smallest absolute Gasteiger partial charge is 0.251 e. The molecule has 0 radical (unpaired) electrons. The highest BCUT2D eigenvalue weighted by molar-refractivity contribution is 5.95. The molecule has 0 aliphatic heterocycles. The molecule has 2 nitrogen and oxygen atoms in total. The van der Waals surface area contributed by atoms with Gasteiger partial charge in [-0.05, 0) is 62.5 Å². The molecule has 2 saturated carbocycles. The van der Waals surface area contributed by atoms with Gasteiger partial charge in [0.25, 0.3) is 5.91 Å². The zero-order chi connectivity index (χ0) is 13.4. The largest absolute Gasteiger partial charge is 0.349 e. The lowest BCUT2D eigenvalue weighted by Gasteiger charge is -2.28. The Bertz CT molecular complexity index is 482. The SMILES string of the molecule is Cc1ccccc1C(=O)N[C@H](C)[C@@H]1C[C@H]2CC[C@H]1C2. The third-order valence-electron chi connectivity index (χ3n) is 5.18. The van der Waals surface area contributed by atoms with E-state index < -0.39 is 0 Å². The maximum absolute atomic E-state index is 12.3. The third-order valence-corrected chi connectivity index (χ3v) is 5.18. The molecule has 0 aromatic heterocycles. The van der Waals surface area contributed by atoms with Crippen molar-refractivity contribution in [3.05, 3.63) is 35.4 Å². The van der Waals surface area contributed by atoms with E-state index in [-0.39, 0.29) is 5.91 Å². The maximum Gasteiger partial charge on any atom is 0.251 e. The first kappa shape index (κ1) is 12.7. The fraction of sp³-hybridized carbons (Fsp3) is 0.588. The molecule has 2 heteroatoms. The number of rotatable bonds is 3. The van der Waals surface area contributed by atoms with Gasteiger partial charge in [-0.15, -0.1) is 0 Å². The summed E-state index contributed by atoms with van der Waals surface area (Å²) in [6.45, 7) is 4.18. The fourth-order valence-corrected chi connectivity index (χ4v) is 4.13. The van der Waals surface area contributed by atoms with Crippen LogP contribution in [0.4, 0.5) is 0 Å². The van der Waals surface area contributed by atoms with Gasteiger partial charge in [0.05, 0.1) is 0 Å². The van der Waals surface area contributed by atoms with E-state index in [9.17, 15) is 4.79 Å². The molecule has 1 N–H and O–H groups in total. The summed E-state index contributed by atoms with van der Waals surface area (Å²) >= 11 is 0. The van der Waals surface area contributed by atoms with Gasteiger partial charge in [-0.2, -0.15) is 0 Å². The molecule has 1 amide bonds. The van der Waals surface area contributed by atoms with E-state index in [0.717, 1.165) is 23.0 Å². The lowest BCUT2D eigenvalue weighted by Crippen LogP contribution is -2.40. The molecule has 19 heavy (non-hydrogen) atoms. The minimum atomic E-state index is 0.0911. The van der Waals surface area contributed by atoms with Crippen molar-refractivity contribution in [3.63, 3.8) is 0 Å². The molecule has 3 rings (SSSR count). The fourth-order valence-electron chi connectivity index (χ4n) is 4.13. The number of benzene rings is 1. The summed E-state index contributed by atoms with van der Waals surface area (Å²) in [7, 11) is 0. The molecule has 102 valence electrons. The van der Waals surface area contributed by atoms with Crippen LogP contribution < -0.4 is 5.32 Å². The van der Waals surface area contributed by atoms with E-state index >= 15 is 0 Å². The molecule has 2 aliphatic carbocycles. The Morgan fingerprint density at radius 1 is 1.26 bits per heavy atom. The molecule has 0 heterocycles. The molecule has 1 aromatic carbocycles. The number of carbonyl (C=O) groups is 1. The van der Waals surface area contributed by atoms with E-state index in [0.29, 0.717) is 12.0 Å². The summed E-state index contributed by atoms with van der Waals surface area (Å²) in [5.74, 6) is 2.59. The highest BCUT2D eigenvalue weighted by Crippen LogP contribution is 2.49. The summed E-state index contributed by atoms with van der Waals surface area (Å²) in [5.41, 5.74) is 1.87. The Morgan fingerprint density at radius 3 is 2.68 bits per heavy atom. The van der Waals surface area contributed by atoms with Crippen molar-refractivity contribution in [1.29, 1.82) is 0 Å². The van der Waals surface area contributed by atoms with Gasteiger partial charge in [0.15, 0.2) is 0 Å². The van der Waals surface area contributed by atoms with Crippen LogP contribution in [0.5, 0.6) is 0 Å². The lowest BCUT2D eigenvalue weighted by molar-refractivity contribution is 0.0914. The maximum atomic E-state index is 12.3. The predicted octanol–water partition coefficient (Wildman–Crippen LogP) is 3.55. The highest BCUT2D eigenvalue weighted by Gasteiger charge is 2.42. The second-order valence-corrected chi connectivity index (χ2v) is 6.42. The highest BCUT2D eigenvalue weighted by atomic mass is 16.1. The van der Waals surface area contributed by atoms with Crippen LogP contribution in [0.1, 0.15) is 48.5 Å². The third kappa shape index (κ3) is 2.41. The van der Waals surface area contributed by atoms with E-state index in [1.54, 1.807) is 0 Å². The Balaban J connectivity index is 1.65. The quantitative estimate of drug-likeness (QED) is 0.881. The first-order chi connectivity index (χ1) is 9.15. The van der Waals surface area contributed by atoms with Gasteiger partial charge in [0, 0.05) is 11.6 Å². The average molecular weight is 257 g/mol. The van der Waals surface area contributed by atoms with Crippen LogP contribution >= 0.6 is 0 Å². The zero-order valence-corrected chi connectivity index (χ0v) is 11.9. The monoisotopic (exact) mass is 257 g/mol. The number of aryl methyl sites for hydroxylation is 1. The number of nitrogens with one attached hydrogen (secondary N) is 1. The average Bonchev–Trinajstić information content (AvgIpc) is 3.01. The summed E-state index contributed by atoms with van der Waals surface area (Å²) in [6.07, 6.45) is 5.51. The van der Waals surface area contributed by atoms with Gasteiger partial charge < -0.3 is 5.32 Å². The van der Waals surface area contributed by atoms with Gasteiger partial charge >= 0.3 is 0 Å². The molecular formula is C17H23NO. The molecule has 0 saturated heterocycles. The summed E-state index contributed by atoms with van der Waals surface area (Å²) in [5, 5.41) is 3.22. The molecule has 1 aromatic rings. The van der Waals surface area contributed by atoms with E-state index in [4.69, 9.17) is 0 Å². The molecule has 2 bridgehead atoms. The van der Waals surface area contributed by atoms with E-state index in [2.05, 4.69) is 12.2 Å². The Kier molecular flexibility index (Phi) is 3.34. The van der Waals surface area contributed by atoms with Crippen LogP contribution in [0.25, 0.3) is 0 Å². The number of carbonyl (C=O) groups excluding carboxylic acids is 1.